The summed E-state index contributed by atoms with van der Waals surface area (Å²) in [6, 6.07) is 0. The van der Waals surface area contributed by atoms with Crippen LogP contribution in [0.4, 0.5) is 0 Å². The Hall–Kier alpha value is -0.730. The van der Waals surface area contributed by atoms with Crippen molar-refractivity contribution in [2.75, 3.05) is 13.2 Å². The number of hydrogen-bond acceptors (Lipinski definition) is 7. The largest absolute Gasteiger partial charge is 0.454 e. The van der Waals surface area contributed by atoms with Gasteiger partial charge in [0.15, 0.2) is 11.9 Å². The quantitative estimate of drug-likeness (QED) is 0.626. The third kappa shape index (κ3) is 2.24. The Morgan fingerprint density at radius 1 is 1.50 bits per heavy atom. The molecule has 0 aromatic rings. The van der Waals surface area contributed by atoms with Gasteiger partial charge in [-0.1, -0.05) is 0 Å². The summed E-state index contributed by atoms with van der Waals surface area (Å²) in [5.74, 6) is -2.82. The van der Waals surface area contributed by atoms with E-state index in [1.165, 1.54) is 6.92 Å². The number of hydrogen-bond donors (Lipinski definition) is 2. The molecule has 0 aromatic heterocycles. The van der Waals surface area contributed by atoms with Crippen LogP contribution in [0.25, 0.3) is 0 Å². The number of carbonyl (C=O) groups excluding carboxylic acids is 1. The number of ether oxygens (including phenoxy) is 4. The lowest BCUT2D eigenvalue weighted by molar-refractivity contribution is -0.273. The summed E-state index contributed by atoms with van der Waals surface area (Å²) in [7, 11) is 0. The maximum Gasteiger partial charge on any atom is 0.303 e. The molecule has 2 fully saturated rings. The molecule has 0 aliphatic carbocycles. The van der Waals surface area contributed by atoms with E-state index in [1.807, 2.05) is 0 Å². The van der Waals surface area contributed by atoms with Crippen LogP contribution < -0.4 is 0 Å². The van der Waals surface area contributed by atoms with Gasteiger partial charge in [0.1, 0.15) is 18.8 Å². The standard InChI is InChI=1S/C11H18O7/c1-6(13)16-9-8(14)7(4-12)17-11(9)5-15-10(2,3)18-11/h7-9,12,14H,4-5H2,1-3H3/t7-,8+,9-,11?/m0/s1. The van der Waals surface area contributed by atoms with Crippen LogP contribution in [0.15, 0.2) is 0 Å². The zero-order valence-electron chi connectivity index (χ0n) is 10.6. The Kier molecular flexibility index (Phi) is 3.37. The van der Waals surface area contributed by atoms with Crippen molar-refractivity contribution < 1.29 is 34.0 Å². The van der Waals surface area contributed by atoms with E-state index < -0.39 is 42.5 Å². The van der Waals surface area contributed by atoms with Gasteiger partial charge in [-0.25, -0.2) is 0 Å². The van der Waals surface area contributed by atoms with Crippen molar-refractivity contribution >= 4 is 5.97 Å². The lowest BCUT2D eigenvalue weighted by Crippen LogP contribution is -2.48. The van der Waals surface area contributed by atoms with E-state index >= 15 is 0 Å². The minimum atomic E-state index is -1.36. The first-order valence-electron chi connectivity index (χ1n) is 5.78. The van der Waals surface area contributed by atoms with Crippen molar-refractivity contribution in [1.82, 2.24) is 0 Å². The third-order valence-corrected chi connectivity index (χ3v) is 2.99. The lowest BCUT2D eigenvalue weighted by Gasteiger charge is -2.29. The summed E-state index contributed by atoms with van der Waals surface area (Å²) >= 11 is 0. The number of aliphatic hydroxyl groups is 2. The van der Waals surface area contributed by atoms with Gasteiger partial charge in [0, 0.05) is 6.92 Å². The Bertz CT molecular complexity index is 342. The van der Waals surface area contributed by atoms with Crippen LogP contribution in [-0.4, -0.2) is 59.3 Å². The van der Waals surface area contributed by atoms with Gasteiger partial charge in [0.2, 0.25) is 5.79 Å². The number of carbonyl (C=O) groups is 1. The highest BCUT2D eigenvalue weighted by Crippen LogP contribution is 2.42. The molecule has 2 heterocycles. The molecule has 2 saturated heterocycles. The SMILES string of the molecule is CC(=O)O[C@H]1[C@H](O)[C@H](CO)OC12COC(C)(C)O2. The Morgan fingerprint density at radius 3 is 2.61 bits per heavy atom. The summed E-state index contributed by atoms with van der Waals surface area (Å²) in [5, 5.41) is 19.1. The second kappa shape index (κ2) is 4.43. The predicted octanol–water partition coefficient (Wildman–Crippen LogP) is -0.851. The van der Waals surface area contributed by atoms with Crippen molar-refractivity contribution in [2.45, 2.75) is 50.7 Å². The molecule has 2 aliphatic heterocycles. The van der Waals surface area contributed by atoms with Crippen LogP contribution in [-0.2, 0) is 23.7 Å². The van der Waals surface area contributed by atoms with E-state index in [4.69, 9.17) is 24.1 Å². The molecule has 2 N–H and O–H groups in total. The van der Waals surface area contributed by atoms with E-state index in [1.54, 1.807) is 13.8 Å². The van der Waals surface area contributed by atoms with Crippen molar-refractivity contribution in [3.63, 3.8) is 0 Å². The molecule has 2 aliphatic rings. The highest BCUT2D eigenvalue weighted by Gasteiger charge is 2.63. The monoisotopic (exact) mass is 262 g/mol. The molecule has 0 amide bonds. The maximum absolute atomic E-state index is 11.1. The molecule has 0 radical (unpaired) electrons. The van der Waals surface area contributed by atoms with Crippen molar-refractivity contribution in [2.24, 2.45) is 0 Å². The summed E-state index contributed by atoms with van der Waals surface area (Å²) in [5.41, 5.74) is 0. The fraction of sp³-hybridized carbons (Fsp3) is 0.909. The Labute approximate surface area is 105 Å². The van der Waals surface area contributed by atoms with E-state index in [0.717, 1.165) is 0 Å². The molecule has 18 heavy (non-hydrogen) atoms. The topological polar surface area (TPSA) is 94.5 Å². The van der Waals surface area contributed by atoms with Crippen LogP contribution in [0, 0.1) is 0 Å². The summed E-state index contributed by atoms with van der Waals surface area (Å²) in [6.45, 7) is 4.23. The normalized spacial score (nSPS) is 42.4. The molecule has 0 aromatic carbocycles. The molecule has 2 rings (SSSR count). The van der Waals surface area contributed by atoms with E-state index in [2.05, 4.69) is 0 Å². The van der Waals surface area contributed by atoms with Gasteiger partial charge in [0.25, 0.3) is 0 Å². The molecular weight excluding hydrogens is 244 g/mol. The summed E-state index contributed by atoms with van der Waals surface area (Å²) in [6.07, 6.45) is -3.04. The third-order valence-electron chi connectivity index (χ3n) is 2.99. The lowest BCUT2D eigenvalue weighted by atomic mass is 10.1. The molecule has 4 atom stereocenters. The highest BCUT2D eigenvalue weighted by molar-refractivity contribution is 5.66. The van der Waals surface area contributed by atoms with Gasteiger partial charge in [0.05, 0.1) is 6.61 Å². The smallest absolute Gasteiger partial charge is 0.303 e. The summed E-state index contributed by atoms with van der Waals surface area (Å²) in [4.78, 5) is 11.1. The first kappa shape index (κ1) is 13.7. The fourth-order valence-corrected chi connectivity index (χ4v) is 2.28. The number of rotatable bonds is 2. The molecule has 1 spiro atoms. The highest BCUT2D eigenvalue weighted by atomic mass is 16.9. The second-order valence-electron chi connectivity index (χ2n) is 4.96. The van der Waals surface area contributed by atoms with Crippen LogP contribution >= 0.6 is 0 Å². The van der Waals surface area contributed by atoms with Gasteiger partial charge in [-0.2, -0.15) is 0 Å². The zero-order chi connectivity index (χ0) is 13.6. The summed E-state index contributed by atoms with van der Waals surface area (Å²) < 4.78 is 21.6. The minimum absolute atomic E-state index is 0.0194. The average molecular weight is 262 g/mol. The fourth-order valence-electron chi connectivity index (χ4n) is 2.28. The maximum atomic E-state index is 11.1. The zero-order valence-corrected chi connectivity index (χ0v) is 10.6. The minimum Gasteiger partial charge on any atom is -0.454 e. The first-order valence-corrected chi connectivity index (χ1v) is 5.78. The number of aliphatic hydroxyl groups excluding tert-OH is 2. The Morgan fingerprint density at radius 2 is 2.17 bits per heavy atom. The van der Waals surface area contributed by atoms with Crippen LogP contribution in [0.2, 0.25) is 0 Å². The second-order valence-corrected chi connectivity index (χ2v) is 4.96. The van der Waals surface area contributed by atoms with Crippen LogP contribution in [0.3, 0.4) is 0 Å². The molecule has 0 bridgehead atoms. The number of esters is 1. The van der Waals surface area contributed by atoms with Gasteiger partial charge in [-0.3, -0.25) is 4.79 Å². The molecular formula is C11H18O7. The van der Waals surface area contributed by atoms with Crippen molar-refractivity contribution in [1.29, 1.82) is 0 Å². The first-order chi connectivity index (χ1) is 8.30. The molecule has 104 valence electrons. The van der Waals surface area contributed by atoms with E-state index in [0.29, 0.717) is 0 Å². The van der Waals surface area contributed by atoms with Gasteiger partial charge >= 0.3 is 5.97 Å². The van der Waals surface area contributed by atoms with E-state index in [9.17, 15) is 9.90 Å². The van der Waals surface area contributed by atoms with Gasteiger partial charge in [-0.15, -0.1) is 0 Å². The predicted molar refractivity (Wildman–Crippen MR) is 57.4 cm³/mol. The van der Waals surface area contributed by atoms with E-state index in [-0.39, 0.29) is 6.61 Å². The van der Waals surface area contributed by atoms with Crippen molar-refractivity contribution in [3.8, 4) is 0 Å². The van der Waals surface area contributed by atoms with Crippen LogP contribution in [0.5, 0.6) is 0 Å². The average Bonchev–Trinajstić information content (AvgIpc) is 2.70. The van der Waals surface area contributed by atoms with Crippen molar-refractivity contribution in [3.05, 3.63) is 0 Å². The van der Waals surface area contributed by atoms with Gasteiger partial charge < -0.3 is 29.2 Å². The molecule has 7 heteroatoms. The van der Waals surface area contributed by atoms with Gasteiger partial charge in [-0.05, 0) is 13.8 Å². The molecule has 0 saturated carbocycles. The molecule has 1 unspecified atom stereocenters. The molecule has 7 nitrogen and oxygen atoms in total. The van der Waals surface area contributed by atoms with Crippen LogP contribution in [0.1, 0.15) is 20.8 Å². The Balaban J connectivity index is 2.24.